The van der Waals surface area contributed by atoms with Gasteiger partial charge in [0.25, 0.3) is 0 Å². The maximum absolute atomic E-state index is 12.0. The van der Waals surface area contributed by atoms with Gasteiger partial charge in [0.1, 0.15) is 6.10 Å². The summed E-state index contributed by atoms with van der Waals surface area (Å²) in [6, 6.07) is 0. The predicted octanol–water partition coefficient (Wildman–Crippen LogP) is 11.4. The summed E-state index contributed by atoms with van der Waals surface area (Å²) in [5.74, 6) is -0.213. The van der Waals surface area contributed by atoms with Gasteiger partial charge in [0.15, 0.2) is 0 Å². The molecule has 0 bridgehead atoms. The molecule has 0 heterocycles. The molecule has 1 atom stereocenters. The zero-order valence-corrected chi connectivity index (χ0v) is 28.0. The Bertz CT molecular complexity index is 625. The molecule has 4 nitrogen and oxygen atoms in total. The number of unbranched alkanes of at least 4 members (excludes halogenated alkanes) is 19. The Kier molecular flexibility index (Phi) is 34.6. The highest BCUT2D eigenvalue weighted by atomic mass is 16.6. The smallest absolute Gasteiger partial charge is 0.306 e. The minimum absolute atomic E-state index is 0.173. The minimum Gasteiger partial charge on any atom is -0.457 e. The number of ether oxygens (including phenoxy) is 2. The van der Waals surface area contributed by atoms with E-state index in [1.54, 1.807) is 0 Å². The molecule has 0 saturated heterocycles. The Morgan fingerprint density at radius 1 is 0.571 bits per heavy atom. The van der Waals surface area contributed by atoms with Crippen molar-refractivity contribution in [2.75, 3.05) is 19.8 Å². The van der Waals surface area contributed by atoms with Gasteiger partial charge in [-0.3, -0.25) is 4.79 Å². The van der Waals surface area contributed by atoms with Crippen LogP contribution in [0.3, 0.4) is 0 Å². The zero-order valence-electron chi connectivity index (χ0n) is 28.0. The van der Waals surface area contributed by atoms with E-state index in [2.05, 4.69) is 50.3 Å². The number of carbonyl (C=O) groups is 1. The Morgan fingerprint density at radius 2 is 1.00 bits per heavy atom. The van der Waals surface area contributed by atoms with Gasteiger partial charge >= 0.3 is 5.97 Å². The highest BCUT2D eigenvalue weighted by Crippen LogP contribution is 2.12. The van der Waals surface area contributed by atoms with Gasteiger partial charge in [0.05, 0.1) is 13.2 Å². The second-order valence-electron chi connectivity index (χ2n) is 11.9. The Morgan fingerprint density at radius 3 is 1.50 bits per heavy atom. The minimum atomic E-state index is -0.531. The summed E-state index contributed by atoms with van der Waals surface area (Å²) in [5, 5.41) is 9.47. The van der Waals surface area contributed by atoms with Crippen LogP contribution in [0.2, 0.25) is 0 Å². The quantitative estimate of drug-likeness (QED) is 0.0469. The lowest BCUT2D eigenvalue weighted by molar-refractivity contribution is -0.154. The molecule has 246 valence electrons. The van der Waals surface area contributed by atoms with Gasteiger partial charge in [-0.15, -0.1) is 0 Å². The SMILES string of the molecule is CCCCCCC/C=C\C/C=C\C/C=C\CCCCCCCCCCCOCC(CO)OC(=O)CCCCCCCC. The number of esters is 1. The second kappa shape index (κ2) is 35.8. The highest BCUT2D eigenvalue weighted by Gasteiger charge is 2.13. The van der Waals surface area contributed by atoms with Crippen molar-refractivity contribution in [3.8, 4) is 0 Å². The molecule has 0 aliphatic carbocycles. The summed E-state index contributed by atoms with van der Waals surface area (Å²) in [6.07, 6.45) is 43.5. The summed E-state index contributed by atoms with van der Waals surface area (Å²) in [7, 11) is 0. The lowest BCUT2D eigenvalue weighted by Crippen LogP contribution is -2.27. The molecule has 0 saturated carbocycles. The standard InChI is InChI=1S/C38H70O4/c1-3-5-7-9-11-12-13-14-15-16-17-18-19-20-21-22-23-24-25-26-27-28-30-32-34-41-36-37(35-39)42-38(40)33-31-29-10-8-6-4-2/h13-14,16-17,19-20,37,39H,3-12,15,18,21-36H2,1-2H3/b14-13-,17-16-,20-19-. The van der Waals surface area contributed by atoms with Crippen LogP contribution in [0.5, 0.6) is 0 Å². The van der Waals surface area contributed by atoms with E-state index < -0.39 is 6.10 Å². The van der Waals surface area contributed by atoms with Crippen LogP contribution in [0.25, 0.3) is 0 Å². The molecule has 0 spiro atoms. The molecule has 0 aliphatic heterocycles. The topological polar surface area (TPSA) is 55.8 Å². The van der Waals surface area contributed by atoms with E-state index in [0.29, 0.717) is 19.6 Å². The zero-order chi connectivity index (χ0) is 30.6. The average Bonchev–Trinajstić information content (AvgIpc) is 3.00. The molecule has 0 aromatic heterocycles. The third-order valence-electron chi connectivity index (χ3n) is 7.72. The van der Waals surface area contributed by atoms with E-state index in [9.17, 15) is 9.90 Å². The van der Waals surface area contributed by atoms with Crippen molar-refractivity contribution < 1.29 is 19.4 Å². The monoisotopic (exact) mass is 591 g/mol. The number of carbonyl (C=O) groups excluding carboxylic acids is 1. The average molecular weight is 591 g/mol. The summed E-state index contributed by atoms with van der Waals surface area (Å²) < 4.78 is 11.0. The van der Waals surface area contributed by atoms with Crippen LogP contribution in [0, 0.1) is 0 Å². The largest absolute Gasteiger partial charge is 0.457 e. The van der Waals surface area contributed by atoms with E-state index in [0.717, 1.165) is 32.1 Å². The van der Waals surface area contributed by atoms with Crippen LogP contribution in [-0.2, 0) is 14.3 Å². The first-order valence-corrected chi connectivity index (χ1v) is 18.1. The molecule has 0 radical (unpaired) electrons. The molecule has 4 heteroatoms. The van der Waals surface area contributed by atoms with Crippen molar-refractivity contribution in [2.45, 2.75) is 180 Å². The molecule has 0 aromatic carbocycles. The molecular weight excluding hydrogens is 520 g/mol. The third kappa shape index (κ3) is 33.1. The third-order valence-corrected chi connectivity index (χ3v) is 7.72. The van der Waals surface area contributed by atoms with Crippen molar-refractivity contribution in [3.63, 3.8) is 0 Å². The van der Waals surface area contributed by atoms with Crippen LogP contribution in [-0.4, -0.2) is 37.0 Å². The Balaban J connectivity index is 3.40. The van der Waals surface area contributed by atoms with Crippen molar-refractivity contribution in [3.05, 3.63) is 36.5 Å². The number of hydrogen-bond acceptors (Lipinski definition) is 4. The van der Waals surface area contributed by atoms with Crippen LogP contribution in [0.15, 0.2) is 36.5 Å². The van der Waals surface area contributed by atoms with E-state index >= 15 is 0 Å². The van der Waals surface area contributed by atoms with Crippen LogP contribution in [0.4, 0.5) is 0 Å². The van der Waals surface area contributed by atoms with Gasteiger partial charge in [-0.25, -0.2) is 0 Å². The number of aliphatic hydroxyl groups excluding tert-OH is 1. The lowest BCUT2D eigenvalue weighted by Gasteiger charge is -2.15. The van der Waals surface area contributed by atoms with Crippen molar-refractivity contribution in [1.29, 1.82) is 0 Å². The maximum atomic E-state index is 12.0. The molecule has 0 amide bonds. The molecule has 0 rings (SSSR count). The van der Waals surface area contributed by atoms with Crippen molar-refractivity contribution in [1.82, 2.24) is 0 Å². The van der Waals surface area contributed by atoms with Gasteiger partial charge in [-0.1, -0.05) is 153 Å². The maximum Gasteiger partial charge on any atom is 0.306 e. The Labute approximate surface area is 261 Å². The fourth-order valence-corrected chi connectivity index (χ4v) is 4.98. The molecule has 0 aliphatic rings. The van der Waals surface area contributed by atoms with Gasteiger partial charge in [0.2, 0.25) is 0 Å². The molecular formula is C38H70O4. The lowest BCUT2D eigenvalue weighted by atomic mass is 10.1. The predicted molar refractivity (Wildman–Crippen MR) is 182 cm³/mol. The van der Waals surface area contributed by atoms with E-state index in [1.165, 1.54) is 122 Å². The number of aliphatic hydroxyl groups is 1. The van der Waals surface area contributed by atoms with Crippen molar-refractivity contribution >= 4 is 5.97 Å². The summed E-state index contributed by atoms with van der Waals surface area (Å²) in [5.41, 5.74) is 0. The second-order valence-corrected chi connectivity index (χ2v) is 11.9. The van der Waals surface area contributed by atoms with Gasteiger partial charge in [0, 0.05) is 13.0 Å². The fraction of sp³-hybridized carbons (Fsp3) is 0.816. The van der Waals surface area contributed by atoms with Crippen LogP contribution < -0.4 is 0 Å². The van der Waals surface area contributed by atoms with E-state index in [4.69, 9.17) is 9.47 Å². The molecule has 0 fully saturated rings. The van der Waals surface area contributed by atoms with E-state index in [1.807, 2.05) is 0 Å². The summed E-state index contributed by atoms with van der Waals surface area (Å²) in [4.78, 5) is 12.0. The Hall–Kier alpha value is -1.39. The molecule has 42 heavy (non-hydrogen) atoms. The van der Waals surface area contributed by atoms with Crippen LogP contribution >= 0.6 is 0 Å². The van der Waals surface area contributed by atoms with E-state index in [-0.39, 0.29) is 12.6 Å². The summed E-state index contributed by atoms with van der Waals surface area (Å²) in [6.45, 7) is 5.26. The van der Waals surface area contributed by atoms with Gasteiger partial charge in [-0.05, 0) is 51.4 Å². The number of rotatable bonds is 33. The van der Waals surface area contributed by atoms with Gasteiger partial charge in [-0.2, -0.15) is 0 Å². The number of hydrogen-bond donors (Lipinski definition) is 1. The molecule has 1 N–H and O–H groups in total. The van der Waals surface area contributed by atoms with Crippen molar-refractivity contribution in [2.24, 2.45) is 0 Å². The van der Waals surface area contributed by atoms with Gasteiger partial charge < -0.3 is 14.6 Å². The highest BCUT2D eigenvalue weighted by molar-refractivity contribution is 5.69. The normalized spacial score (nSPS) is 12.7. The number of allylic oxidation sites excluding steroid dienone is 6. The first-order valence-electron chi connectivity index (χ1n) is 18.1. The molecule has 0 aromatic rings. The summed E-state index contributed by atoms with van der Waals surface area (Å²) >= 11 is 0. The molecule has 1 unspecified atom stereocenters. The first kappa shape index (κ1) is 40.6. The first-order chi connectivity index (χ1) is 20.7. The van der Waals surface area contributed by atoms with Crippen LogP contribution in [0.1, 0.15) is 174 Å². The fourth-order valence-electron chi connectivity index (χ4n) is 4.98.